The number of nitrogen functional groups attached to an aromatic ring is 1. The summed E-state index contributed by atoms with van der Waals surface area (Å²) in [6, 6.07) is 7.16. The minimum Gasteiger partial charge on any atom is -0.398 e. The molecule has 1 unspecified atom stereocenters. The molecule has 0 radical (unpaired) electrons. The molecule has 1 aliphatic carbocycles. The van der Waals surface area contributed by atoms with Gasteiger partial charge in [0.05, 0.1) is 5.75 Å². The first kappa shape index (κ1) is 14.3. The van der Waals surface area contributed by atoms with Crippen LogP contribution >= 0.6 is 0 Å². The average molecular weight is 282 g/mol. The van der Waals surface area contributed by atoms with Crippen LogP contribution in [0.2, 0.25) is 0 Å². The van der Waals surface area contributed by atoms with Crippen molar-refractivity contribution in [2.75, 3.05) is 5.73 Å². The fourth-order valence-corrected chi connectivity index (χ4v) is 3.75. The van der Waals surface area contributed by atoms with Gasteiger partial charge in [-0.3, -0.25) is 0 Å². The van der Waals surface area contributed by atoms with Gasteiger partial charge >= 0.3 is 0 Å². The van der Waals surface area contributed by atoms with Gasteiger partial charge in [0.2, 0.25) is 10.0 Å². The Morgan fingerprint density at radius 2 is 2.05 bits per heavy atom. The SMILES string of the molecule is CCC(CC1CC1)NS(=O)(=O)Cc1ccccc1N. The summed E-state index contributed by atoms with van der Waals surface area (Å²) in [5.74, 6) is 0.676. The van der Waals surface area contributed by atoms with E-state index in [1.807, 2.05) is 13.0 Å². The molecule has 5 heteroatoms. The van der Waals surface area contributed by atoms with Gasteiger partial charge in [0, 0.05) is 11.7 Å². The molecule has 0 spiro atoms. The van der Waals surface area contributed by atoms with E-state index in [9.17, 15) is 8.42 Å². The van der Waals surface area contributed by atoms with Crippen LogP contribution in [0.3, 0.4) is 0 Å². The van der Waals surface area contributed by atoms with Gasteiger partial charge in [-0.05, 0) is 30.4 Å². The molecule has 1 saturated carbocycles. The fraction of sp³-hybridized carbons (Fsp3) is 0.571. The molecule has 4 nitrogen and oxygen atoms in total. The smallest absolute Gasteiger partial charge is 0.216 e. The molecule has 1 aromatic rings. The molecule has 1 aromatic carbocycles. The van der Waals surface area contributed by atoms with Crippen LogP contribution in [0.25, 0.3) is 0 Å². The highest BCUT2D eigenvalue weighted by atomic mass is 32.2. The van der Waals surface area contributed by atoms with Crippen molar-refractivity contribution in [2.24, 2.45) is 5.92 Å². The number of rotatable bonds is 7. The van der Waals surface area contributed by atoms with E-state index in [-0.39, 0.29) is 11.8 Å². The molecular weight excluding hydrogens is 260 g/mol. The summed E-state index contributed by atoms with van der Waals surface area (Å²) in [4.78, 5) is 0. The third kappa shape index (κ3) is 4.51. The van der Waals surface area contributed by atoms with Gasteiger partial charge in [-0.2, -0.15) is 0 Å². The van der Waals surface area contributed by atoms with Crippen molar-refractivity contribution in [1.82, 2.24) is 4.72 Å². The number of anilines is 1. The molecule has 3 N–H and O–H groups in total. The van der Waals surface area contributed by atoms with Crippen molar-refractivity contribution in [3.63, 3.8) is 0 Å². The third-order valence-corrected chi connectivity index (χ3v) is 4.94. The molecule has 0 amide bonds. The van der Waals surface area contributed by atoms with Gasteiger partial charge in [0.15, 0.2) is 0 Å². The average Bonchev–Trinajstić information content (AvgIpc) is 3.14. The molecule has 0 bridgehead atoms. The van der Waals surface area contributed by atoms with Crippen molar-refractivity contribution in [3.8, 4) is 0 Å². The second kappa shape index (κ2) is 5.92. The summed E-state index contributed by atoms with van der Waals surface area (Å²) in [5.41, 5.74) is 6.98. The predicted octanol–water partition coefficient (Wildman–Crippen LogP) is 2.27. The lowest BCUT2D eigenvalue weighted by Crippen LogP contribution is -2.35. The van der Waals surface area contributed by atoms with Crippen molar-refractivity contribution < 1.29 is 8.42 Å². The van der Waals surface area contributed by atoms with Gasteiger partial charge < -0.3 is 5.73 Å². The zero-order valence-electron chi connectivity index (χ0n) is 11.3. The van der Waals surface area contributed by atoms with Crippen LogP contribution in [-0.4, -0.2) is 14.5 Å². The van der Waals surface area contributed by atoms with Crippen LogP contribution in [0, 0.1) is 5.92 Å². The van der Waals surface area contributed by atoms with Crippen LogP contribution in [0.4, 0.5) is 5.69 Å². The van der Waals surface area contributed by atoms with Crippen LogP contribution in [-0.2, 0) is 15.8 Å². The number of hydrogen-bond acceptors (Lipinski definition) is 3. The maximum absolute atomic E-state index is 12.2. The lowest BCUT2D eigenvalue weighted by molar-refractivity contribution is 0.495. The zero-order valence-corrected chi connectivity index (χ0v) is 12.1. The Morgan fingerprint density at radius 3 is 2.63 bits per heavy atom. The van der Waals surface area contributed by atoms with E-state index in [1.165, 1.54) is 12.8 Å². The Morgan fingerprint density at radius 1 is 1.37 bits per heavy atom. The maximum atomic E-state index is 12.2. The fourth-order valence-electron chi connectivity index (χ4n) is 2.22. The van der Waals surface area contributed by atoms with E-state index in [0.717, 1.165) is 18.8 Å². The Bertz CT molecular complexity index is 524. The zero-order chi connectivity index (χ0) is 13.9. The van der Waals surface area contributed by atoms with Gasteiger partial charge in [-0.25, -0.2) is 13.1 Å². The highest BCUT2D eigenvalue weighted by Crippen LogP contribution is 2.34. The summed E-state index contributed by atoms with van der Waals surface area (Å²) in [6.45, 7) is 2.02. The molecule has 0 saturated heterocycles. The Labute approximate surface area is 115 Å². The van der Waals surface area contributed by atoms with Crippen LogP contribution in [0.1, 0.15) is 38.2 Å². The second-order valence-corrected chi connectivity index (χ2v) is 7.11. The molecule has 1 aliphatic rings. The van der Waals surface area contributed by atoms with E-state index in [1.54, 1.807) is 18.2 Å². The minimum atomic E-state index is -3.32. The molecule has 19 heavy (non-hydrogen) atoms. The first-order valence-electron chi connectivity index (χ1n) is 6.83. The van der Waals surface area contributed by atoms with Crippen molar-refractivity contribution in [2.45, 2.75) is 44.4 Å². The Hall–Kier alpha value is -1.07. The largest absolute Gasteiger partial charge is 0.398 e. The van der Waals surface area contributed by atoms with Gasteiger partial charge in [0.25, 0.3) is 0 Å². The number of hydrogen-bond donors (Lipinski definition) is 2. The topological polar surface area (TPSA) is 72.2 Å². The first-order chi connectivity index (χ1) is 9.00. The summed E-state index contributed by atoms with van der Waals surface area (Å²) in [7, 11) is -3.32. The number of sulfonamides is 1. The summed E-state index contributed by atoms with van der Waals surface area (Å²) >= 11 is 0. The van der Waals surface area contributed by atoms with E-state index < -0.39 is 10.0 Å². The number of para-hydroxylation sites is 1. The van der Waals surface area contributed by atoms with E-state index in [0.29, 0.717) is 11.3 Å². The molecule has 0 heterocycles. The maximum Gasteiger partial charge on any atom is 0.216 e. The molecule has 1 atom stereocenters. The third-order valence-electron chi connectivity index (χ3n) is 3.55. The van der Waals surface area contributed by atoms with E-state index >= 15 is 0 Å². The van der Waals surface area contributed by atoms with Crippen molar-refractivity contribution >= 4 is 15.7 Å². The Balaban J connectivity index is 1.99. The predicted molar refractivity (Wildman–Crippen MR) is 78.0 cm³/mol. The summed E-state index contributed by atoms with van der Waals surface area (Å²) in [5, 5.41) is 0. The second-order valence-electron chi connectivity index (χ2n) is 5.36. The highest BCUT2D eigenvalue weighted by Gasteiger charge is 2.27. The van der Waals surface area contributed by atoms with Crippen molar-refractivity contribution in [1.29, 1.82) is 0 Å². The summed E-state index contributed by atoms with van der Waals surface area (Å²) in [6.07, 6.45) is 4.27. The normalized spacial score (nSPS) is 17.3. The van der Waals surface area contributed by atoms with Gasteiger partial charge in [-0.1, -0.05) is 38.0 Å². The number of benzene rings is 1. The van der Waals surface area contributed by atoms with Crippen LogP contribution < -0.4 is 10.5 Å². The number of nitrogens with one attached hydrogen (secondary N) is 1. The van der Waals surface area contributed by atoms with Crippen LogP contribution in [0.5, 0.6) is 0 Å². The quantitative estimate of drug-likeness (QED) is 0.754. The molecule has 0 aromatic heterocycles. The molecular formula is C14H22N2O2S. The standard InChI is InChI=1S/C14H22N2O2S/c1-2-13(9-11-7-8-11)16-19(17,18)10-12-5-3-4-6-14(12)15/h3-6,11,13,16H,2,7-10,15H2,1H3. The lowest BCUT2D eigenvalue weighted by Gasteiger charge is -2.17. The molecule has 0 aliphatic heterocycles. The lowest BCUT2D eigenvalue weighted by atomic mass is 10.1. The van der Waals surface area contributed by atoms with Gasteiger partial charge in [0.1, 0.15) is 0 Å². The Kier molecular flexibility index (Phi) is 4.47. The van der Waals surface area contributed by atoms with E-state index in [4.69, 9.17) is 5.73 Å². The van der Waals surface area contributed by atoms with Gasteiger partial charge in [-0.15, -0.1) is 0 Å². The highest BCUT2D eigenvalue weighted by molar-refractivity contribution is 7.88. The number of nitrogens with two attached hydrogens (primary N) is 1. The minimum absolute atomic E-state index is 0.0408. The van der Waals surface area contributed by atoms with Crippen LogP contribution in [0.15, 0.2) is 24.3 Å². The first-order valence-corrected chi connectivity index (χ1v) is 8.49. The monoisotopic (exact) mass is 282 g/mol. The molecule has 106 valence electrons. The van der Waals surface area contributed by atoms with E-state index in [2.05, 4.69) is 4.72 Å². The summed E-state index contributed by atoms with van der Waals surface area (Å²) < 4.78 is 27.1. The molecule has 1 fully saturated rings. The van der Waals surface area contributed by atoms with Crippen molar-refractivity contribution in [3.05, 3.63) is 29.8 Å². The molecule has 2 rings (SSSR count).